The summed E-state index contributed by atoms with van der Waals surface area (Å²) >= 11 is 0. The maximum absolute atomic E-state index is 10.1. The lowest BCUT2D eigenvalue weighted by molar-refractivity contribution is 1.62. The fourth-order valence-corrected chi connectivity index (χ4v) is 5.09. The Labute approximate surface area is 311 Å². The van der Waals surface area contributed by atoms with Gasteiger partial charge < -0.3 is 0 Å². The summed E-state index contributed by atoms with van der Waals surface area (Å²) in [4.78, 5) is 0. The Morgan fingerprint density at radius 3 is 1.26 bits per heavy atom. The molecule has 0 aliphatic carbocycles. The molecule has 9 rings (SSSR count). The van der Waals surface area contributed by atoms with Crippen molar-refractivity contribution < 1.29 is 41.1 Å². The van der Waals surface area contributed by atoms with Crippen molar-refractivity contribution in [2.45, 2.75) is 0 Å². The van der Waals surface area contributed by atoms with Crippen LogP contribution in [0.3, 0.4) is 0 Å². The molecule has 0 bridgehead atoms. The Hall–Kier alpha value is -5.98. The van der Waals surface area contributed by atoms with Crippen molar-refractivity contribution in [2.75, 3.05) is 0 Å². The largest absolute Gasteiger partial charge is 0.0636 e. The summed E-state index contributed by atoms with van der Waals surface area (Å²) in [5.41, 5.74) is -7.01. The molecule has 9 aromatic rings. The van der Waals surface area contributed by atoms with E-state index >= 15 is 0 Å². The second kappa shape index (κ2) is 10.9. The third kappa shape index (κ3) is 4.47. The monoisotopic (exact) mass is 612 g/mol. The highest BCUT2D eigenvalue weighted by atomic mass is 14.2. The van der Waals surface area contributed by atoms with E-state index in [1.54, 1.807) is 0 Å². The van der Waals surface area contributed by atoms with Gasteiger partial charge in [-0.05, 0) is 106 Å². The van der Waals surface area contributed by atoms with Gasteiger partial charge in [-0.2, -0.15) is 0 Å². The molecule has 0 atom stereocenters. The van der Waals surface area contributed by atoms with Gasteiger partial charge in [-0.1, -0.05) is 163 Å². The van der Waals surface area contributed by atoms with Crippen molar-refractivity contribution in [3.05, 3.63) is 181 Å². The minimum Gasteiger partial charge on any atom is -0.0622 e. The van der Waals surface area contributed by atoms with Crippen LogP contribution < -0.4 is 0 Å². The molecule has 0 aliphatic heterocycles. The number of hydrogen-bond donors (Lipinski definition) is 0. The number of fused-ring (bicyclic) bond motifs is 4. The summed E-state index contributed by atoms with van der Waals surface area (Å²) in [6.45, 7) is 0. The summed E-state index contributed by atoms with van der Waals surface area (Å²) in [5.74, 6) is 0. The van der Waals surface area contributed by atoms with Gasteiger partial charge in [-0.3, -0.25) is 0 Å². The predicted octanol–water partition coefficient (Wildman–Crippen LogP) is 13.0. The van der Waals surface area contributed by atoms with Crippen LogP contribution in [0.5, 0.6) is 0 Å². The molecule has 0 fully saturated rings. The number of hydrogen-bond acceptors (Lipinski definition) is 0. The molecule has 0 unspecified atom stereocenters. The summed E-state index contributed by atoms with van der Waals surface area (Å²) in [7, 11) is 0. The average molecular weight is 613 g/mol. The van der Waals surface area contributed by atoms with Gasteiger partial charge in [0.25, 0.3) is 0 Å². The third-order valence-corrected chi connectivity index (χ3v) is 7.12. The molecule has 0 aromatic heterocycles. The minimum atomic E-state index is -1.18. The molecule has 0 aliphatic rings. The molecule has 0 N–H and O–H groups in total. The quantitative estimate of drug-likeness (QED) is 0.173. The van der Waals surface area contributed by atoms with E-state index in [1.165, 1.54) is 0 Å². The summed E-state index contributed by atoms with van der Waals surface area (Å²) in [6, 6.07) is -29.7. The molecule has 46 heavy (non-hydrogen) atoms. The highest BCUT2D eigenvalue weighted by molar-refractivity contribution is 6.22. The summed E-state index contributed by atoms with van der Waals surface area (Å²) in [5, 5.41) is -5.84. The van der Waals surface area contributed by atoms with Crippen molar-refractivity contribution >= 4 is 43.1 Å². The van der Waals surface area contributed by atoms with Gasteiger partial charge in [-0.15, -0.1) is 0 Å². The Kier molecular flexibility index (Phi) is 2.37. The molecule has 0 amide bonds. The average Bonchev–Trinajstić information content (AvgIpc) is 3.38. The standard InChI is InChI=1S/C46H30/c1-2-12-34(13-3-1)45-41-16-8-9-17-42(41)46(35-22-18-33(19-23-35)38-24-20-31-10-4-6-14-36(31)28-38)44-30-40(26-27-43(44)45)39-25-21-32-11-5-7-15-37(32)29-39/h1-30H/i1D,2D,3D,4D,5D,6D,7D,8D,9D,10D,11D,12D,13D,14D,15D,16D,17D,18D,19D,20D,21D,22D,23D,24D,25D,26D,27D,28D,29D,30D. The Bertz CT molecular complexity index is 4220. The smallest absolute Gasteiger partial charge is 0.0622 e. The highest BCUT2D eigenvalue weighted by Crippen LogP contribution is 2.45. The predicted molar refractivity (Wildman–Crippen MR) is 198 cm³/mol. The van der Waals surface area contributed by atoms with Crippen molar-refractivity contribution in [2.24, 2.45) is 0 Å². The van der Waals surface area contributed by atoms with Crippen molar-refractivity contribution in [3.8, 4) is 44.5 Å². The first-order valence-corrected chi connectivity index (χ1v) is 13.5. The number of rotatable bonds is 4. The van der Waals surface area contributed by atoms with E-state index in [1.807, 2.05) is 0 Å². The number of benzene rings is 9. The molecule has 0 saturated heterocycles. The molecular formula is C46H30. The van der Waals surface area contributed by atoms with E-state index in [0.717, 1.165) is 0 Å². The molecule has 0 heteroatoms. The first-order chi connectivity index (χ1) is 35.3. The van der Waals surface area contributed by atoms with Gasteiger partial charge in [0.1, 0.15) is 0 Å². The lowest BCUT2D eigenvalue weighted by Crippen LogP contribution is -1.92. The highest BCUT2D eigenvalue weighted by Gasteiger charge is 2.17. The lowest BCUT2D eigenvalue weighted by Gasteiger charge is -2.19. The van der Waals surface area contributed by atoms with E-state index < -0.39 is 269 Å². The van der Waals surface area contributed by atoms with E-state index in [0.29, 0.717) is 0 Å². The van der Waals surface area contributed by atoms with E-state index in [2.05, 4.69) is 0 Å². The van der Waals surface area contributed by atoms with Crippen LogP contribution in [0.15, 0.2) is 181 Å². The second-order valence-corrected chi connectivity index (χ2v) is 9.75. The van der Waals surface area contributed by atoms with E-state index in [-0.39, 0.29) is 0 Å². The first-order valence-electron chi connectivity index (χ1n) is 28.5. The van der Waals surface area contributed by atoms with Crippen molar-refractivity contribution in [1.82, 2.24) is 0 Å². The van der Waals surface area contributed by atoms with Gasteiger partial charge in [0.15, 0.2) is 0 Å². The summed E-state index contributed by atoms with van der Waals surface area (Å²) in [6.07, 6.45) is 0. The molecule has 0 heterocycles. The normalized spacial score (nSPS) is 20.6. The van der Waals surface area contributed by atoms with Gasteiger partial charge >= 0.3 is 0 Å². The molecule has 0 radical (unpaired) electrons. The minimum absolute atomic E-state index is 0.572. The van der Waals surface area contributed by atoms with Crippen LogP contribution in [0.25, 0.3) is 87.6 Å². The zero-order valence-corrected chi connectivity index (χ0v) is 23.0. The van der Waals surface area contributed by atoms with Gasteiger partial charge in [0.05, 0.1) is 41.1 Å². The first kappa shape index (κ1) is 10.0. The molecule has 214 valence electrons. The SMILES string of the molecule is [2H]c1c([2H])c([2H])c(-c2c3c([2H])c([2H])c([2H])c([2H])c3c(-c3c([2H])c([2H])c(-c4c([2H])c([2H])c5c([2H])c([2H])c([2H])c([2H])c5c4[2H])c([2H])c3[2H])c3c([2H])c(-c4c([2H])c([2H])c5c([2H])c([2H])c([2H])c([2H])c5c4[2H])c([2H])c([2H])c23)c([2H])c1[2H]. The van der Waals surface area contributed by atoms with Crippen LogP contribution in [0, 0.1) is 0 Å². The maximum Gasteiger partial charge on any atom is 0.0636 e. The fraction of sp³-hybridized carbons (Fsp3) is 0. The Balaban J connectivity index is 1.61. The van der Waals surface area contributed by atoms with Crippen molar-refractivity contribution in [3.63, 3.8) is 0 Å². The van der Waals surface area contributed by atoms with Crippen LogP contribution in [0.4, 0.5) is 0 Å². The molecule has 9 aromatic carbocycles. The van der Waals surface area contributed by atoms with E-state index in [9.17, 15) is 13.7 Å². The van der Waals surface area contributed by atoms with Crippen LogP contribution >= 0.6 is 0 Å². The van der Waals surface area contributed by atoms with Gasteiger partial charge in [0, 0.05) is 0 Å². The van der Waals surface area contributed by atoms with Gasteiger partial charge in [0.2, 0.25) is 0 Å². The second-order valence-electron chi connectivity index (χ2n) is 9.75. The Morgan fingerprint density at radius 1 is 0.239 bits per heavy atom. The Morgan fingerprint density at radius 2 is 0.630 bits per heavy atom. The zero-order chi connectivity index (χ0) is 56.6. The fourth-order valence-electron chi connectivity index (χ4n) is 5.09. The molecule has 0 spiro atoms. The van der Waals surface area contributed by atoms with Crippen LogP contribution in [0.2, 0.25) is 0 Å². The lowest BCUT2D eigenvalue weighted by atomic mass is 9.84. The maximum atomic E-state index is 10.1. The zero-order valence-electron chi connectivity index (χ0n) is 53.0. The van der Waals surface area contributed by atoms with Crippen LogP contribution in [-0.2, 0) is 0 Å². The molecule has 0 nitrogen and oxygen atoms in total. The van der Waals surface area contributed by atoms with Crippen LogP contribution in [0.1, 0.15) is 41.1 Å². The molecule has 0 saturated carbocycles. The van der Waals surface area contributed by atoms with Gasteiger partial charge in [-0.25, -0.2) is 0 Å². The van der Waals surface area contributed by atoms with Crippen LogP contribution in [-0.4, -0.2) is 0 Å². The topological polar surface area (TPSA) is 0 Å². The third-order valence-electron chi connectivity index (χ3n) is 7.12. The summed E-state index contributed by atoms with van der Waals surface area (Å²) < 4.78 is 269. The van der Waals surface area contributed by atoms with Crippen molar-refractivity contribution in [1.29, 1.82) is 0 Å². The van der Waals surface area contributed by atoms with E-state index in [4.69, 9.17) is 27.4 Å². The molecular weight excluding hydrogens is 553 g/mol.